The molecule has 0 radical (unpaired) electrons. The van der Waals surface area contributed by atoms with Crippen molar-refractivity contribution in [2.45, 2.75) is 13.8 Å². The van der Waals surface area contributed by atoms with Gasteiger partial charge in [0.2, 0.25) is 0 Å². The normalized spacial score (nSPS) is 10.2. The molecule has 0 aliphatic rings. The Kier molecular flexibility index (Phi) is 4.01. The molecular formula is C13H16N4OS. The third-order valence-electron chi connectivity index (χ3n) is 2.61. The van der Waals surface area contributed by atoms with Gasteiger partial charge in [-0.15, -0.1) is 0 Å². The predicted octanol–water partition coefficient (Wildman–Crippen LogP) is 2.72. The van der Waals surface area contributed by atoms with E-state index in [1.165, 1.54) is 17.5 Å². The Bertz CT molecular complexity index is 594. The molecule has 1 aromatic carbocycles. The van der Waals surface area contributed by atoms with Crippen LogP contribution in [0.2, 0.25) is 0 Å². The van der Waals surface area contributed by atoms with Crippen LogP contribution in [0.4, 0.5) is 15.8 Å². The minimum Gasteiger partial charge on any atom is -0.389 e. The molecule has 2 aromatic rings. The number of anilines is 3. The first-order chi connectivity index (χ1) is 9.11. The van der Waals surface area contributed by atoms with Gasteiger partial charge in [0, 0.05) is 12.2 Å². The number of aryl methyl sites for hydroxylation is 1. The maximum absolute atomic E-state index is 12.3. The van der Waals surface area contributed by atoms with Crippen molar-refractivity contribution in [1.29, 1.82) is 0 Å². The number of nitrogens with one attached hydrogen (secondary N) is 2. The fraction of sp³-hybridized carbons (Fsp3) is 0.231. The summed E-state index contributed by atoms with van der Waals surface area (Å²) in [6.07, 6.45) is 1.53. The molecule has 1 aromatic heterocycles. The Labute approximate surface area is 115 Å². The molecule has 0 fully saturated rings. The molecule has 0 bridgehead atoms. The third kappa shape index (κ3) is 3.03. The summed E-state index contributed by atoms with van der Waals surface area (Å²) in [5.41, 5.74) is 7.97. The molecule has 0 aliphatic carbocycles. The number of rotatable bonds is 4. The van der Waals surface area contributed by atoms with Gasteiger partial charge in [-0.1, -0.05) is 23.5 Å². The summed E-state index contributed by atoms with van der Waals surface area (Å²) in [5.74, 6) is -0.177. The van der Waals surface area contributed by atoms with E-state index in [4.69, 9.17) is 5.73 Å². The van der Waals surface area contributed by atoms with Gasteiger partial charge in [0.25, 0.3) is 5.91 Å². The van der Waals surface area contributed by atoms with E-state index >= 15 is 0 Å². The van der Waals surface area contributed by atoms with Crippen LogP contribution < -0.4 is 16.4 Å². The van der Waals surface area contributed by atoms with E-state index in [0.717, 1.165) is 17.8 Å². The number of nitrogens with two attached hydrogens (primary N) is 1. The molecule has 2 rings (SSSR count). The quantitative estimate of drug-likeness (QED) is 0.802. The Balaban J connectivity index is 2.27. The molecule has 100 valence electrons. The molecule has 0 spiro atoms. The third-order valence-corrected chi connectivity index (χ3v) is 3.35. The van der Waals surface area contributed by atoms with Crippen LogP contribution in [0.1, 0.15) is 22.8 Å². The second kappa shape index (κ2) is 5.71. The van der Waals surface area contributed by atoms with Crippen LogP contribution >= 0.6 is 11.3 Å². The maximum atomic E-state index is 12.3. The van der Waals surface area contributed by atoms with E-state index in [9.17, 15) is 4.79 Å². The van der Waals surface area contributed by atoms with Crippen molar-refractivity contribution < 1.29 is 4.79 Å². The summed E-state index contributed by atoms with van der Waals surface area (Å²) in [5, 5.41) is 7.04. The number of nitrogens with zero attached hydrogens (tertiary/aromatic N) is 1. The summed E-state index contributed by atoms with van der Waals surface area (Å²) in [6.45, 7) is 4.66. The van der Waals surface area contributed by atoms with Crippen molar-refractivity contribution in [3.8, 4) is 0 Å². The van der Waals surface area contributed by atoms with Crippen LogP contribution in [0.15, 0.2) is 24.4 Å². The number of amides is 1. The predicted molar refractivity (Wildman–Crippen MR) is 79.8 cm³/mol. The number of carbonyl (C=O) groups is 1. The lowest BCUT2D eigenvalue weighted by Gasteiger charge is -2.12. The molecule has 0 aliphatic heterocycles. The van der Waals surface area contributed by atoms with E-state index < -0.39 is 0 Å². The number of hydrogen-bond acceptors (Lipinski definition) is 5. The summed E-state index contributed by atoms with van der Waals surface area (Å²) in [6, 6.07) is 5.72. The van der Waals surface area contributed by atoms with Crippen molar-refractivity contribution in [3.63, 3.8) is 0 Å². The molecule has 0 atom stereocenters. The van der Waals surface area contributed by atoms with Crippen LogP contribution in [0.5, 0.6) is 0 Å². The zero-order chi connectivity index (χ0) is 13.8. The van der Waals surface area contributed by atoms with E-state index in [-0.39, 0.29) is 5.91 Å². The van der Waals surface area contributed by atoms with Gasteiger partial charge in [-0.2, -0.15) is 0 Å². The Morgan fingerprint density at radius 1 is 1.47 bits per heavy atom. The topological polar surface area (TPSA) is 80.0 Å². The van der Waals surface area contributed by atoms with E-state index in [2.05, 4.69) is 15.6 Å². The zero-order valence-corrected chi connectivity index (χ0v) is 11.7. The second-order valence-electron chi connectivity index (χ2n) is 4.05. The van der Waals surface area contributed by atoms with Gasteiger partial charge in [0.1, 0.15) is 5.00 Å². The van der Waals surface area contributed by atoms with Gasteiger partial charge in [0.15, 0.2) is 5.13 Å². The van der Waals surface area contributed by atoms with E-state index in [1.54, 1.807) is 0 Å². The lowest BCUT2D eigenvalue weighted by molar-refractivity contribution is 0.102. The van der Waals surface area contributed by atoms with Crippen molar-refractivity contribution in [2.75, 3.05) is 22.9 Å². The largest absolute Gasteiger partial charge is 0.389 e. The monoisotopic (exact) mass is 276 g/mol. The highest BCUT2D eigenvalue weighted by Gasteiger charge is 2.15. The number of aromatic nitrogens is 1. The Morgan fingerprint density at radius 3 is 2.89 bits per heavy atom. The first kappa shape index (κ1) is 13.4. The van der Waals surface area contributed by atoms with Gasteiger partial charge in [-0.3, -0.25) is 10.1 Å². The smallest absolute Gasteiger partial charge is 0.259 e. The van der Waals surface area contributed by atoms with Crippen LogP contribution in [0.3, 0.4) is 0 Å². The molecule has 1 heterocycles. The number of hydrogen-bond donors (Lipinski definition) is 3. The summed E-state index contributed by atoms with van der Waals surface area (Å²) < 4.78 is 0. The first-order valence-corrected chi connectivity index (χ1v) is 6.79. The van der Waals surface area contributed by atoms with Gasteiger partial charge in [-0.05, 0) is 25.5 Å². The molecule has 4 N–H and O–H groups in total. The summed E-state index contributed by atoms with van der Waals surface area (Å²) >= 11 is 1.25. The Morgan fingerprint density at radius 2 is 2.26 bits per heavy atom. The fourth-order valence-corrected chi connectivity index (χ4v) is 2.39. The van der Waals surface area contributed by atoms with Crippen molar-refractivity contribution in [2.24, 2.45) is 0 Å². The standard InChI is InChI=1S/C13H16N4OS/c1-3-15-9-6-4-5-8(2)11(9)12(18)17-13-16-7-10(14)19-13/h4-7,15H,3,14H2,1-2H3,(H,16,17,18). The minimum atomic E-state index is -0.177. The molecule has 6 heteroatoms. The minimum absolute atomic E-state index is 0.177. The lowest BCUT2D eigenvalue weighted by atomic mass is 10.1. The summed E-state index contributed by atoms with van der Waals surface area (Å²) in [4.78, 5) is 16.3. The van der Waals surface area contributed by atoms with E-state index in [0.29, 0.717) is 15.7 Å². The van der Waals surface area contributed by atoms with Crippen LogP contribution in [-0.2, 0) is 0 Å². The lowest BCUT2D eigenvalue weighted by Crippen LogP contribution is -2.16. The van der Waals surface area contributed by atoms with Crippen molar-refractivity contribution in [1.82, 2.24) is 4.98 Å². The summed E-state index contributed by atoms with van der Waals surface area (Å²) in [7, 11) is 0. The van der Waals surface area contributed by atoms with Crippen LogP contribution in [0.25, 0.3) is 0 Å². The number of thiazole rings is 1. The second-order valence-corrected chi connectivity index (χ2v) is 5.11. The molecule has 5 nitrogen and oxygen atoms in total. The zero-order valence-electron chi connectivity index (χ0n) is 10.9. The van der Waals surface area contributed by atoms with Gasteiger partial charge in [0.05, 0.1) is 11.8 Å². The van der Waals surface area contributed by atoms with Gasteiger partial charge in [-0.25, -0.2) is 4.98 Å². The number of benzene rings is 1. The van der Waals surface area contributed by atoms with Gasteiger partial charge < -0.3 is 11.1 Å². The molecule has 0 unspecified atom stereocenters. The number of nitrogen functional groups attached to an aromatic ring is 1. The van der Waals surface area contributed by atoms with Crippen LogP contribution in [-0.4, -0.2) is 17.4 Å². The SMILES string of the molecule is CCNc1cccc(C)c1C(=O)Nc1ncc(N)s1. The van der Waals surface area contributed by atoms with Crippen molar-refractivity contribution in [3.05, 3.63) is 35.5 Å². The molecule has 0 saturated carbocycles. The average molecular weight is 276 g/mol. The highest BCUT2D eigenvalue weighted by Crippen LogP contribution is 2.24. The van der Waals surface area contributed by atoms with E-state index in [1.807, 2.05) is 32.0 Å². The van der Waals surface area contributed by atoms with Crippen LogP contribution in [0, 0.1) is 6.92 Å². The van der Waals surface area contributed by atoms with Gasteiger partial charge >= 0.3 is 0 Å². The van der Waals surface area contributed by atoms with Crippen molar-refractivity contribution >= 4 is 33.1 Å². The Hall–Kier alpha value is -2.08. The average Bonchev–Trinajstić information content (AvgIpc) is 2.75. The molecular weight excluding hydrogens is 260 g/mol. The highest BCUT2D eigenvalue weighted by molar-refractivity contribution is 7.19. The fourth-order valence-electron chi connectivity index (χ4n) is 1.81. The maximum Gasteiger partial charge on any atom is 0.259 e. The molecule has 0 saturated heterocycles. The molecule has 1 amide bonds. The highest BCUT2D eigenvalue weighted by atomic mass is 32.1. The number of carbonyl (C=O) groups excluding carboxylic acids is 1. The molecule has 19 heavy (non-hydrogen) atoms. The first-order valence-electron chi connectivity index (χ1n) is 5.98.